The Kier molecular flexibility index (Phi) is 6.71. The van der Waals surface area contributed by atoms with E-state index in [2.05, 4.69) is 6.07 Å². The predicted octanol–water partition coefficient (Wildman–Crippen LogP) is 2.32. The first-order chi connectivity index (χ1) is 12.5. The minimum Gasteiger partial charge on any atom is -0.376 e. The lowest BCUT2D eigenvalue weighted by atomic mass is 9.96. The SMILES string of the molecule is CCS(=O)(=O)N1CCC(C(=O)N(Cc2cccs2)CC2CCCO2)CC1. The number of thiophene rings is 1. The first-order valence-corrected chi connectivity index (χ1v) is 11.9. The molecule has 1 aromatic rings. The molecule has 0 bridgehead atoms. The average Bonchev–Trinajstić information content (AvgIpc) is 3.35. The first kappa shape index (κ1) is 19.8. The molecule has 0 radical (unpaired) electrons. The Morgan fingerprint density at radius 3 is 2.69 bits per heavy atom. The van der Waals surface area contributed by atoms with Gasteiger partial charge in [0.05, 0.1) is 18.4 Å². The maximum Gasteiger partial charge on any atom is 0.226 e. The van der Waals surface area contributed by atoms with Crippen LogP contribution in [0.4, 0.5) is 0 Å². The number of hydrogen-bond acceptors (Lipinski definition) is 5. The van der Waals surface area contributed by atoms with Crippen LogP contribution in [0.5, 0.6) is 0 Å². The van der Waals surface area contributed by atoms with Crippen LogP contribution in [-0.4, -0.2) is 61.6 Å². The number of amides is 1. The van der Waals surface area contributed by atoms with Crippen molar-refractivity contribution >= 4 is 27.3 Å². The Hall–Kier alpha value is -0.960. The summed E-state index contributed by atoms with van der Waals surface area (Å²) in [6, 6.07) is 4.06. The molecule has 2 aliphatic rings. The second kappa shape index (κ2) is 8.82. The van der Waals surface area contributed by atoms with Gasteiger partial charge in [-0.15, -0.1) is 11.3 Å². The van der Waals surface area contributed by atoms with Crippen molar-refractivity contribution in [1.29, 1.82) is 0 Å². The number of nitrogens with zero attached hydrogens (tertiary/aromatic N) is 2. The van der Waals surface area contributed by atoms with Crippen molar-refractivity contribution in [2.75, 3.05) is 32.0 Å². The molecule has 0 aromatic carbocycles. The fraction of sp³-hybridized carbons (Fsp3) is 0.722. The summed E-state index contributed by atoms with van der Waals surface area (Å²) in [6.07, 6.45) is 3.38. The van der Waals surface area contributed by atoms with E-state index in [1.807, 2.05) is 16.3 Å². The van der Waals surface area contributed by atoms with E-state index in [-0.39, 0.29) is 23.7 Å². The summed E-state index contributed by atoms with van der Waals surface area (Å²) in [5.41, 5.74) is 0. The molecular weight excluding hydrogens is 372 g/mol. The molecule has 26 heavy (non-hydrogen) atoms. The van der Waals surface area contributed by atoms with Crippen LogP contribution in [0.15, 0.2) is 17.5 Å². The van der Waals surface area contributed by atoms with Gasteiger partial charge in [-0.25, -0.2) is 12.7 Å². The Bertz CT molecular complexity index is 676. The third-order valence-corrected chi connectivity index (χ3v) is 7.99. The van der Waals surface area contributed by atoms with Crippen LogP contribution < -0.4 is 0 Å². The van der Waals surface area contributed by atoms with Crippen molar-refractivity contribution in [3.63, 3.8) is 0 Å². The van der Waals surface area contributed by atoms with Gasteiger partial charge in [0, 0.05) is 37.0 Å². The van der Waals surface area contributed by atoms with Gasteiger partial charge in [-0.2, -0.15) is 0 Å². The molecular formula is C18H28N2O4S2. The highest BCUT2D eigenvalue weighted by Gasteiger charge is 2.33. The topological polar surface area (TPSA) is 66.9 Å². The number of ether oxygens (including phenoxy) is 1. The molecule has 1 amide bonds. The molecule has 0 N–H and O–H groups in total. The van der Waals surface area contributed by atoms with Gasteiger partial charge < -0.3 is 9.64 Å². The molecule has 1 atom stereocenters. The third-order valence-electron chi connectivity index (χ3n) is 5.25. The average molecular weight is 401 g/mol. The molecule has 0 spiro atoms. The summed E-state index contributed by atoms with van der Waals surface area (Å²) >= 11 is 1.66. The number of piperidine rings is 1. The van der Waals surface area contributed by atoms with Gasteiger partial charge in [-0.05, 0) is 44.1 Å². The number of rotatable bonds is 7. The number of hydrogen-bond donors (Lipinski definition) is 0. The molecule has 3 rings (SSSR count). The van der Waals surface area contributed by atoms with Crippen molar-refractivity contribution in [1.82, 2.24) is 9.21 Å². The zero-order valence-corrected chi connectivity index (χ0v) is 16.9. The minimum absolute atomic E-state index is 0.0975. The molecule has 2 saturated heterocycles. The van der Waals surface area contributed by atoms with Crippen LogP contribution in [0.1, 0.15) is 37.5 Å². The van der Waals surface area contributed by atoms with E-state index in [1.54, 1.807) is 18.3 Å². The van der Waals surface area contributed by atoms with Gasteiger partial charge in [0.2, 0.25) is 15.9 Å². The van der Waals surface area contributed by atoms with E-state index < -0.39 is 10.0 Å². The molecule has 3 heterocycles. The Morgan fingerprint density at radius 1 is 1.35 bits per heavy atom. The summed E-state index contributed by atoms with van der Waals surface area (Å²) in [5.74, 6) is 0.164. The standard InChI is InChI=1S/C18H28N2O4S2/c1-2-26(22,23)20-9-7-15(8-10-20)18(21)19(13-16-5-3-11-24-16)14-17-6-4-12-25-17/h4,6,12,15-16H,2-3,5,7-11,13-14H2,1H3. The van der Waals surface area contributed by atoms with Crippen molar-refractivity contribution in [3.05, 3.63) is 22.4 Å². The number of carbonyl (C=O) groups is 1. The van der Waals surface area contributed by atoms with Crippen LogP contribution in [0, 0.1) is 5.92 Å². The van der Waals surface area contributed by atoms with E-state index in [0.717, 1.165) is 19.4 Å². The Labute approximate surface area is 160 Å². The maximum absolute atomic E-state index is 13.1. The second-order valence-electron chi connectivity index (χ2n) is 7.01. The maximum atomic E-state index is 13.1. The minimum atomic E-state index is -3.16. The highest BCUT2D eigenvalue weighted by Crippen LogP contribution is 2.25. The van der Waals surface area contributed by atoms with E-state index in [9.17, 15) is 13.2 Å². The lowest BCUT2D eigenvalue weighted by Gasteiger charge is -2.34. The van der Waals surface area contributed by atoms with Gasteiger partial charge in [0.15, 0.2) is 0 Å². The quantitative estimate of drug-likeness (QED) is 0.704. The summed E-state index contributed by atoms with van der Waals surface area (Å²) in [4.78, 5) is 16.2. The van der Waals surface area contributed by atoms with Crippen molar-refractivity contribution < 1.29 is 17.9 Å². The van der Waals surface area contributed by atoms with E-state index >= 15 is 0 Å². The molecule has 0 aliphatic carbocycles. The monoisotopic (exact) mass is 400 g/mol. The molecule has 2 fully saturated rings. The highest BCUT2D eigenvalue weighted by molar-refractivity contribution is 7.89. The molecule has 0 saturated carbocycles. The van der Waals surface area contributed by atoms with Crippen LogP contribution in [0.2, 0.25) is 0 Å². The largest absolute Gasteiger partial charge is 0.376 e. The number of carbonyl (C=O) groups excluding carboxylic acids is 1. The molecule has 1 unspecified atom stereocenters. The summed E-state index contributed by atoms with van der Waals surface area (Å²) < 4.78 is 31.3. The molecule has 146 valence electrons. The molecule has 8 heteroatoms. The van der Waals surface area contributed by atoms with E-state index in [0.29, 0.717) is 39.0 Å². The highest BCUT2D eigenvalue weighted by atomic mass is 32.2. The predicted molar refractivity (Wildman–Crippen MR) is 102 cm³/mol. The number of sulfonamides is 1. The summed E-state index contributed by atoms with van der Waals surface area (Å²) in [6.45, 7) is 4.57. The first-order valence-electron chi connectivity index (χ1n) is 9.40. The van der Waals surface area contributed by atoms with Crippen LogP contribution >= 0.6 is 11.3 Å². The zero-order valence-electron chi connectivity index (χ0n) is 15.3. The lowest BCUT2D eigenvalue weighted by Crippen LogP contribution is -2.46. The smallest absolute Gasteiger partial charge is 0.226 e. The summed E-state index contributed by atoms with van der Waals surface area (Å²) in [5, 5.41) is 2.03. The van der Waals surface area contributed by atoms with Gasteiger partial charge in [0.25, 0.3) is 0 Å². The fourth-order valence-electron chi connectivity index (χ4n) is 3.68. The second-order valence-corrected chi connectivity index (χ2v) is 10.3. The zero-order chi connectivity index (χ0) is 18.6. The Morgan fingerprint density at radius 2 is 2.12 bits per heavy atom. The van der Waals surface area contributed by atoms with Gasteiger partial charge in [-0.1, -0.05) is 6.07 Å². The van der Waals surface area contributed by atoms with Crippen LogP contribution in [-0.2, 0) is 26.1 Å². The van der Waals surface area contributed by atoms with Gasteiger partial charge >= 0.3 is 0 Å². The third kappa shape index (κ3) is 4.85. The van der Waals surface area contributed by atoms with E-state index in [4.69, 9.17) is 4.74 Å². The normalized spacial score (nSPS) is 22.6. The fourth-order valence-corrected chi connectivity index (χ4v) is 5.53. The molecule has 6 nitrogen and oxygen atoms in total. The molecule has 2 aliphatic heterocycles. The Balaban J connectivity index is 1.63. The van der Waals surface area contributed by atoms with Crippen LogP contribution in [0.25, 0.3) is 0 Å². The van der Waals surface area contributed by atoms with Crippen LogP contribution in [0.3, 0.4) is 0 Å². The van der Waals surface area contributed by atoms with Crippen molar-refractivity contribution in [2.24, 2.45) is 5.92 Å². The van der Waals surface area contributed by atoms with E-state index in [1.165, 1.54) is 9.18 Å². The van der Waals surface area contributed by atoms with Crippen molar-refractivity contribution in [3.8, 4) is 0 Å². The summed E-state index contributed by atoms with van der Waals surface area (Å²) in [7, 11) is -3.16. The van der Waals surface area contributed by atoms with Crippen molar-refractivity contribution in [2.45, 2.75) is 45.3 Å². The van der Waals surface area contributed by atoms with Gasteiger partial charge in [0.1, 0.15) is 0 Å². The molecule has 1 aromatic heterocycles. The van der Waals surface area contributed by atoms with Gasteiger partial charge in [-0.3, -0.25) is 4.79 Å². The lowest BCUT2D eigenvalue weighted by molar-refractivity contribution is -0.139.